The molecule has 1 saturated carbocycles. The summed E-state index contributed by atoms with van der Waals surface area (Å²) in [7, 11) is 1.94. The third-order valence-corrected chi connectivity index (χ3v) is 4.14. The maximum absolute atomic E-state index is 5.58. The lowest BCUT2D eigenvalue weighted by Gasteiger charge is -2.05. The van der Waals surface area contributed by atoms with Crippen molar-refractivity contribution in [2.45, 2.75) is 36.3 Å². The van der Waals surface area contributed by atoms with Crippen molar-refractivity contribution in [3.63, 3.8) is 0 Å². The van der Waals surface area contributed by atoms with Gasteiger partial charge in [-0.25, -0.2) is 4.98 Å². The molecule has 0 radical (unpaired) electrons. The summed E-state index contributed by atoms with van der Waals surface area (Å²) in [4.78, 5) is 4.41. The molecule has 0 spiro atoms. The number of hydrogen-bond acceptors (Lipinski definition) is 5. The van der Waals surface area contributed by atoms with Crippen molar-refractivity contribution in [2.75, 3.05) is 0 Å². The zero-order valence-electron chi connectivity index (χ0n) is 10.3. The van der Waals surface area contributed by atoms with Crippen molar-refractivity contribution >= 4 is 11.8 Å². The van der Waals surface area contributed by atoms with E-state index in [1.54, 1.807) is 11.8 Å². The highest BCUT2D eigenvalue weighted by Gasteiger charge is 2.25. The first-order chi connectivity index (χ1) is 8.79. The molecule has 0 unspecified atom stereocenters. The molecule has 7 heteroatoms. The summed E-state index contributed by atoms with van der Waals surface area (Å²) in [5.74, 6) is 2.74. The Morgan fingerprint density at radius 3 is 2.89 bits per heavy atom. The average molecular weight is 264 g/mol. The molecule has 3 rings (SSSR count). The highest BCUT2D eigenvalue weighted by atomic mass is 32.2. The molecule has 18 heavy (non-hydrogen) atoms. The lowest BCUT2D eigenvalue weighted by Crippen LogP contribution is -2.05. The van der Waals surface area contributed by atoms with E-state index < -0.39 is 0 Å². The summed E-state index contributed by atoms with van der Waals surface area (Å²) < 4.78 is 4.21. The van der Waals surface area contributed by atoms with Crippen LogP contribution in [0.25, 0.3) is 0 Å². The van der Waals surface area contributed by atoms with E-state index >= 15 is 0 Å². The van der Waals surface area contributed by atoms with Gasteiger partial charge in [0.25, 0.3) is 0 Å². The molecule has 2 N–H and O–H groups in total. The van der Waals surface area contributed by atoms with Gasteiger partial charge in [0.1, 0.15) is 11.6 Å². The second kappa shape index (κ2) is 4.74. The van der Waals surface area contributed by atoms with Crippen LogP contribution in [0.4, 0.5) is 0 Å². The van der Waals surface area contributed by atoms with Crippen LogP contribution in [-0.4, -0.2) is 24.3 Å². The highest BCUT2D eigenvalue weighted by molar-refractivity contribution is 7.98. The Labute approximate surface area is 110 Å². The van der Waals surface area contributed by atoms with E-state index in [1.807, 2.05) is 17.8 Å². The number of rotatable bonds is 5. The third-order valence-electron chi connectivity index (χ3n) is 3.13. The summed E-state index contributed by atoms with van der Waals surface area (Å²) in [6.07, 6.45) is 6.48. The standard InChI is InChI=1S/C11H16N6S/c1-16-9(6-12)14-15-11(16)18-7-10-13-4-5-17(10)8-2-3-8/h4-5,8H,2-3,6-7,12H2,1H3. The SMILES string of the molecule is Cn1c(CN)nnc1SCc1nccn1C1CC1. The second-order valence-electron chi connectivity index (χ2n) is 4.43. The largest absolute Gasteiger partial charge is 0.331 e. The van der Waals surface area contributed by atoms with Gasteiger partial charge in [-0.15, -0.1) is 10.2 Å². The second-order valence-corrected chi connectivity index (χ2v) is 5.38. The van der Waals surface area contributed by atoms with Crippen LogP contribution in [0.1, 0.15) is 30.5 Å². The molecule has 0 saturated heterocycles. The minimum Gasteiger partial charge on any atom is -0.331 e. The van der Waals surface area contributed by atoms with Crippen LogP contribution < -0.4 is 5.73 Å². The maximum atomic E-state index is 5.58. The number of aromatic nitrogens is 5. The van der Waals surface area contributed by atoms with Crippen molar-refractivity contribution in [2.24, 2.45) is 12.8 Å². The van der Waals surface area contributed by atoms with Crippen molar-refractivity contribution in [1.82, 2.24) is 24.3 Å². The Kier molecular flexibility index (Phi) is 3.09. The molecule has 0 bridgehead atoms. The molecule has 0 atom stereocenters. The number of thioether (sulfide) groups is 1. The Hall–Kier alpha value is -1.34. The molecule has 0 aliphatic heterocycles. The van der Waals surface area contributed by atoms with Crippen LogP contribution in [0.15, 0.2) is 17.6 Å². The minimum atomic E-state index is 0.417. The summed E-state index contributed by atoms with van der Waals surface area (Å²) in [5, 5.41) is 9.07. The maximum Gasteiger partial charge on any atom is 0.191 e. The fraction of sp³-hybridized carbons (Fsp3) is 0.545. The monoisotopic (exact) mass is 264 g/mol. The van der Waals surface area contributed by atoms with E-state index in [4.69, 9.17) is 5.73 Å². The van der Waals surface area contributed by atoms with Gasteiger partial charge in [0.05, 0.1) is 12.3 Å². The lowest BCUT2D eigenvalue weighted by atomic mass is 10.6. The van der Waals surface area contributed by atoms with Crippen LogP contribution in [0.3, 0.4) is 0 Å². The smallest absolute Gasteiger partial charge is 0.191 e. The van der Waals surface area contributed by atoms with Gasteiger partial charge in [-0.2, -0.15) is 0 Å². The van der Waals surface area contributed by atoms with E-state index in [1.165, 1.54) is 12.8 Å². The molecule has 1 aliphatic rings. The fourth-order valence-electron chi connectivity index (χ4n) is 1.92. The first kappa shape index (κ1) is 11.7. The van der Waals surface area contributed by atoms with Gasteiger partial charge in [0, 0.05) is 25.5 Å². The molecule has 1 aliphatic carbocycles. The molecule has 2 heterocycles. The zero-order valence-corrected chi connectivity index (χ0v) is 11.1. The van der Waals surface area contributed by atoms with E-state index in [-0.39, 0.29) is 0 Å². The van der Waals surface area contributed by atoms with Crippen LogP contribution >= 0.6 is 11.8 Å². The third kappa shape index (κ3) is 2.15. The van der Waals surface area contributed by atoms with Crippen LogP contribution in [0, 0.1) is 0 Å². The Bertz CT molecular complexity index is 541. The number of nitrogens with zero attached hydrogens (tertiary/aromatic N) is 5. The first-order valence-corrected chi connectivity index (χ1v) is 7.01. The van der Waals surface area contributed by atoms with E-state index in [9.17, 15) is 0 Å². The molecule has 0 amide bonds. The summed E-state index contributed by atoms with van der Waals surface area (Å²) in [5.41, 5.74) is 5.58. The van der Waals surface area contributed by atoms with Gasteiger partial charge in [0.15, 0.2) is 5.16 Å². The van der Waals surface area contributed by atoms with E-state index in [2.05, 4.69) is 25.9 Å². The van der Waals surface area contributed by atoms with Crippen molar-refractivity contribution in [3.8, 4) is 0 Å². The summed E-state index contributed by atoms with van der Waals surface area (Å²) in [6, 6.07) is 0.669. The normalized spacial score (nSPS) is 15.2. The predicted molar refractivity (Wildman–Crippen MR) is 69.0 cm³/mol. The number of imidazole rings is 1. The fourth-order valence-corrected chi connectivity index (χ4v) is 2.80. The lowest BCUT2D eigenvalue weighted by molar-refractivity contribution is 0.703. The highest BCUT2D eigenvalue weighted by Crippen LogP contribution is 2.36. The number of hydrogen-bond donors (Lipinski definition) is 1. The van der Waals surface area contributed by atoms with Gasteiger partial charge in [0.2, 0.25) is 0 Å². The van der Waals surface area contributed by atoms with Crippen molar-refractivity contribution in [3.05, 3.63) is 24.0 Å². The van der Waals surface area contributed by atoms with Gasteiger partial charge in [-0.1, -0.05) is 11.8 Å². The summed E-state index contributed by atoms with van der Waals surface area (Å²) >= 11 is 1.65. The minimum absolute atomic E-state index is 0.417. The Balaban J connectivity index is 1.69. The molecule has 96 valence electrons. The average Bonchev–Trinajstić information content (AvgIpc) is 3.01. The van der Waals surface area contributed by atoms with E-state index in [0.29, 0.717) is 12.6 Å². The molecule has 0 aromatic carbocycles. The molecule has 1 fully saturated rings. The van der Waals surface area contributed by atoms with Gasteiger partial charge in [-0.3, -0.25) is 0 Å². The Morgan fingerprint density at radius 2 is 2.22 bits per heavy atom. The summed E-state index contributed by atoms with van der Waals surface area (Å²) in [6.45, 7) is 0.417. The van der Waals surface area contributed by atoms with Gasteiger partial charge < -0.3 is 14.9 Å². The van der Waals surface area contributed by atoms with Crippen LogP contribution in [-0.2, 0) is 19.3 Å². The zero-order chi connectivity index (χ0) is 12.5. The quantitative estimate of drug-likeness (QED) is 0.818. The molecular weight excluding hydrogens is 248 g/mol. The molecule has 2 aromatic heterocycles. The van der Waals surface area contributed by atoms with E-state index in [0.717, 1.165) is 22.6 Å². The van der Waals surface area contributed by atoms with Crippen molar-refractivity contribution in [1.29, 1.82) is 0 Å². The van der Waals surface area contributed by atoms with Crippen LogP contribution in [0.5, 0.6) is 0 Å². The number of nitrogens with two attached hydrogens (primary N) is 1. The predicted octanol–water partition coefficient (Wildman–Crippen LogP) is 1.10. The van der Waals surface area contributed by atoms with Gasteiger partial charge in [-0.05, 0) is 12.8 Å². The molecular formula is C11H16N6S. The molecule has 6 nitrogen and oxygen atoms in total. The Morgan fingerprint density at radius 1 is 1.39 bits per heavy atom. The van der Waals surface area contributed by atoms with Crippen molar-refractivity contribution < 1.29 is 0 Å². The first-order valence-electron chi connectivity index (χ1n) is 6.02. The van der Waals surface area contributed by atoms with Crippen LogP contribution in [0.2, 0.25) is 0 Å². The topological polar surface area (TPSA) is 74.6 Å². The molecule has 2 aromatic rings. The van der Waals surface area contributed by atoms with Gasteiger partial charge >= 0.3 is 0 Å².